The number of piperidine rings is 2. The minimum Gasteiger partial charge on any atom is -0.369 e. The topological polar surface area (TPSA) is 83.7 Å². The number of primary amides is 1. The van der Waals surface area contributed by atoms with E-state index in [9.17, 15) is 27.6 Å². The normalized spacial score (nSPS) is 19.3. The molecule has 0 bridgehead atoms. The molecule has 0 aromatic heterocycles. The lowest BCUT2D eigenvalue weighted by atomic mass is 9.91. The van der Waals surface area contributed by atoms with Crippen LogP contribution in [0.2, 0.25) is 0 Å². The van der Waals surface area contributed by atoms with Crippen LogP contribution in [-0.4, -0.2) is 53.7 Å². The van der Waals surface area contributed by atoms with Gasteiger partial charge in [-0.15, -0.1) is 0 Å². The molecule has 3 amide bonds. The molecule has 0 atom stereocenters. The van der Waals surface area contributed by atoms with E-state index in [4.69, 9.17) is 5.73 Å². The van der Waals surface area contributed by atoms with Crippen molar-refractivity contribution in [2.75, 3.05) is 26.2 Å². The number of carbonyl (C=O) groups excluding carboxylic acids is 3. The maximum Gasteiger partial charge on any atom is 0.416 e. The number of alkyl halides is 3. The largest absolute Gasteiger partial charge is 0.416 e. The van der Waals surface area contributed by atoms with Crippen LogP contribution in [0.5, 0.6) is 0 Å². The van der Waals surface area contributed by atoms with E-state index < -0.39 is 11.7 Å². The fourth-order valence-corrected chi connectivity index (χ4v) is 3.96. The quantitative estimate of drug-likeness (QED) is 0.828. The SMILES string of the molecule is NC(=O)C1CCN(C(=O)C2CCN(C(=O)c3ccc(C(F)(F)F)cc3)CC2)CC1. The number of halogens is 3. The van der Waals surface area contributed by atoms with Gasteiger partial charge in [0.1, 0.15) is 0 Å². The average Bonchev–Trinajstić information content (AvgIpc) is 2.72. The van der Waals surface area contributed by atoms with Crippen LogP contribution in [0.4, 0.5) is 13.2 Å². The molecule has 6 nitrogen and oxygen atoms in total. The van der Waals surface area contributed by atoms with Crippen LogP contribution >= 0.6 is 0 Å². The van der Waals surface area contributed by atoms with Crippen LogP contribution < -0.4 is 5.73 Å². The minimum absolute atomic E-state index is 0.0366. The van der Waals surface area contributed by atoms with Gasteiger partial charge in [-0.05, 0) is 49.9 Å². The Kier molecular flexibility index (Phi) is 6.14. The van der Waals surface area contributed by atoms with Crippen LogP contribution in [0, 0.1) is 11.8 Å². The molecule has 0 aliphatic carbocycles. The Hall–Kier alpha value is -2.58. The van der Waals surface area contributed by atoms with E-state index in [-0.39, 0.29) is 35.1 Å². The van der Waals surface area contributed by atoms with Crippen molar-refractivity contribution in [2.24, 2.45) is 17.6 Å². The number of amides is 3. The van der Waals surface area contributed by atoms with Crippen molar-refractivity contribution in [3.63, 3.8) is 0 Å². The molecule has 0 saturated carbocycles. The van der Waals surface area contributed by atoms with Gasteiger partial charge in [-0.2, -0.15) is 13.2 Å². The van der Waals surface area contributed by atoms with Crippen molar-refractivity contribution >= 4 is 17.7 Å². The molecule has 0 radical (unpaired) electrons. The third-order valence-electron chi connectivity index (χ3n) is 5.80. The van der Waals surface area contributed by atoms with Gasteiger partial charge in [0.05, 0.1) is 5.56 Å². The molecule has 2 heterocycles. The van der Waals surface area contributed by atoms with Gasteiger partial charge in [0.15, 0.2) is 0 Å². The lowest BCUT2D eigenvalue weighted by Crippen LogP contribution is -2.47. The highest BCUT2D eigenvalue weighted by atomic mass is 19.4. The zero-order valence-electron chi connectivity index (χ0n) is 16.0. The van der Waals surface area contributed by atoms with Gasteiger partial charge in [0.2, 0.25) is 11.8 Å². The molecule has 2 fully saturated rings. The fraction of sp³-hybridized carbons (Fsp3) is 0.550. The van der Waals surface area contributed by atoms with E-state index in [0.29, 0.717) is 51.9 Å². The first-order valence-electron chi connectivity index (χ1n) is 9.71. The van der Waals surface area contributed by atoms with Crippen molar-refractivity contribution in [2.45, 2.75) is 31.9 Å². The monoisotopic (exact) mass is 411 g/mol. The molecule has 0 unspecified atom stereocenters. The summed E-state index contributed by atoms with van der Waals surface area (Å²) in [5.41, 5.74) is 4.73. The summed E-state index contributed by atoms with van der Waals surface area (Å²) < 4.78 is 38.0. The molecule has 2 aliphatic heterocycles. The van der Waals surface area contributed by atoms with E-state index in [2.05, 4.69) is 0 Å². The van der Waals surface area contributed by atoms with Gasteiger partial charge in [-0.25, -0.2) is 0 Å². The first-order chi connectivity index (χ1) is 13.7. The highest BCUT2D eigenvalue weighted by molar-refractivity contribution is 5.94. The molecule has 9 heteroatoms. The summed E-state index contributed by atoms with van der Waals surface area (Å²) in [4.78, 5) is 39.8. The second kappa shape index (κ2) is 8.42. The van der Waals surface area contributed by atoms with Gasteiger partial charge < -0.3 is 15.5 Å². The maximum atomic E-state index is 12.7. The highest BCUT2D eigenvalue weighted by Gasteiger charge is 2.34. The highest BCUT2D eigenvalue weighted by Crippen LogP contribution is 2.30. The molecule has 29 heavy (non-hydrogen) atoms. The predicted molar refractivity (Wildman–Crippen MR) is 98.6 cm³/mol. The standard InChI is InChI=1S/C20H24F3N3O3/c21-20(22,23)16-3-1-14(2-4-16)18(28)26-11-7-15(8-12-26)19(29)25-9-5-13(6-10-25)17(24)27/h1-4,13,15H,5-12H2,(H2,24,27). The number of nitrogens with zero attached hydrogens (tertiary/aromatic N) is 2. The van der Waals surface area contributed by atoms with Crippen molar-refractivity contribution in [3.8, 4) is 0 Å². The third kappa shape index (κ3) is 4.89. The second-order valence-electron chi connectivity index (χ2n) is 7.64. The molecule has 2 N–H and O–H groups in total. The number of hydrogen-bond donors (Lipinski definition) is 1. The Labute approximate surface area is 166 Å². The summed E-state index contributed by atoms with van der Waals surface area (Å²) in [7, 11) is 0. The number of rotatable bonds is 3. The fourth-order valence-electron chi connectivity index (χ4n) is 3.96. The summed E-state index contributed by atoms with van der Waals surface area (Å²) in [5.74, 6) is -0.979. The van der Waals surface area contributed by atoms with Gasteiger partial charge in [0, 0.05) is 43.6 Å². The summed E-state index contributed by atoms with van der Waals surface area (Å²) in [5, 5.41) is 0. The molecule has 0 spiro atoms. The Morgan fingerprint density at radius 3 is 1.79 bits per heavy atom. The van der Waals surface area contributed by atoms with Crippen LogP contribution in [0.3, 0.4) is 0 Å². The van der Waals surface area contributed by atoms with Crippen LogP contribution in [-0.2, 0) is 15.8 Å². The molecule has 1 aromatic carbocycles. The molecule has 2 saturated heterocycles. The van der Waals surface area contributed by atoms with E-state index in [0.717, 1.165) is 12.1 Å². The van der Waals surface area contributed by atoms with Gasteiger partial charge in [-0.3, -0.25) is 14.4 Å². The average molecular weight is 411 g/mol. The number of hydrogen-bond acceptors (Lipinski definition) is 3. The third-order valence-corrected chi connectivity index (χ3v) is 5.80. The van der Waals surface area contributed by atoms with Crippen molar-refractivity contribution in [1.29, 1.82) is 0 Å². The second-order valence-corrected chi connectivity index (χ2v) is 7.64. The molecule has 1 aromatic rings. The molecular weight excluding hydrogens is 387 g/mol. The zero-order valence-corrected chi connectivity index (χ0v) is 16.0. The number of likely N-dealkylation sites (tertiary alicyclic amines) is 2. The maximum absolute atomic E-state index is 12.7. The number of benzene rings is 1. The zero-order chi connectivity index (χ0) is 21.2. The van der Waals surface area contributed by atoms with Crippen molar-refractivity contribution in [1.82, 2.24) is 9.80 Å². The van der Waals surface area contributed by atoms with E-state index >= 15 is 0 Å². The lowest BCUT2D eigenvalue weighted by molar-refractivity contribution is -0.140. The summed E-state index contributed by atoms with van der Waals surface area (Å²) in [6.45, 7) is 1.79. The van der Waals surface area contributed by atoms with Crippen LogP contribution in [0.15, 0.2) is 24.3 Å². The lowest BCUT2D eigenvalue weighted by Gasteiger charge is -2.36. The molecular formula is C20H24F3N3O3. The minimum atomic E-state index is -4.44. The van der Waals surface area contributed by atoms with Crippen molar-refractivity contribution < 1.29 is 27.6 Å². The van der Waals surface area contributed by atoms with Gasteiger partial charge in [-0.1, -0.05) is 0 Å². The predicted octanol–water partition coefficient (Wildman–Crippen LogP) is 2.28. The Balaban J connectivity index is 1.52. The molecule has 158 valence electrons. The summed E-state index contributed by atoms with van der Waals surface area (Å²) >= 11 is 0. The molecule has 2 aliphatic rings. The summed E-state index contributed by atoms with van der Waals surface area (Å²) in [6.07, 6.45) is -2.26. The van der Waals surface area contributed by atoms with Crippen LogP contribution in [0.25, 0.3) is 0 Å². The Morgan fingerprint density at radius 2 is 1.31 bits per heavy atom. The number of carbonyl (C=O) groups is 3. The molecule has 3 rings (SSSR count). The Bertz CT molecular complexity index is 763. The van der Waals surface area contributed by atoms with Crippen LogP contribution in [0.1, 0.15) is 41.6 Å². The van der Waals surface area contributed by atoms with E-state index in [1.807, 2.05) is 0 Å². The summed E-state index contributed by atoms with van der Waals surface area (Å²) in [6, 6.07) is 4.18. The number of nitrogens with two attached hydrogens (primary N) is 1. The van der Waals surface area contributed by atoms with Gasteiger partial charge in [0.25, 0.3) is 5.91 Å². The van der Waals surface area contributed by atoms with Gasteiger partial charge >= 0.3 is 6.18 Å². The first-order valence-corrected chi connectivity index (χ1v) is 9.71. The van der Waals surface area contributed by atoms with Crippen molar-refractivity contribution in [3.05, 3.63) is 35.4 Å². The van der Waals surface area contributed by atoms with E-state index in [1.54, 1.807) is 9.80 Å². The first kappa shape index (κ1) is 21.1. The Morgan fingerprint density at radius 1 is 0.828 bits per heavy atom. The van der Waals surface area contributed by atoms with E-state index in [1.165, 1.54) is 12.1 Å². The smallest absolute Gasteiger partial charge is 0.369 e.